The lowest BCUT2D eigenvalue weighted by molar-refractivity contribution is -0.153. The minimum Gasteiger partial charge on any atom is -0.459 e. The number of hydrogen-bond acceptors (Lipinski definition) is 5. The summed E-state index contributed by atoms with van der Waals surface area (Å²) in [6.07, 6.45) is 7.64. The summed E-state index contributed by atoms with van der Waals surface area (Å²) in [5, 5.41) is 0. The zero-order valence-electron chi connectivity index (χ0n) is 23.2. The zero-order chi connectivity index (χ0) is 26.3. The molecule has 4 nitrogen and oxygen atoms in total. The molecule has 197 valence electrons. The molecule has 1 aromatic carbocycles. The van der Waals surface area contributed by atoms with Crippen molar-refractivity contribution in [3.8, 4) is 0 Å². The number of nitrogens with two attached hydrogens (primary N) is 1. The number of benzene rings is 1. The minimum atomic E-state index is -0.939. The standard InChI is InChI=1S/C29H49BNO3S/c1-8-22(3)18-28(9-2)19-24(16-13-17-30-34-26(4,5)27(6,7)35)29(31,21-28)25(32)33-20-23-14-11-10-12-15-23/h10-12,14-15,22,24,35H,8-9,13,16-21,31H2,1-7H3. The normalized spacial score (nSPS) is 25.9. The predicted octanol–water partition coefficient (Wildman–Crippen LogP) is 6.99. The fourth-order valence-electron chi connectivity index (χ4n) is 5.31. The highest BCUT2D eigenvalue weighted by molar-refractivity contribution is 7.81. The fourth-order valence-corrected chi connectivity index (χ4v) is 5.36. The van der Waals surface area contributed by atoms with Gasteiger partial charge in [-0.1, -0.05) is 76.7 Å². The lowest BCUT2D eigenvalue weighted by atomic mass is 9.74. The van der Waals surface area contributed by atoms with Gasteiger partial charge in [-0.3, -0.25) is 4.79 Å². The highest BCUT2D eigenvalue weighted by atomic mass is 32.1. The quantitative estimate of drug-likeness (QED) is 0.125. The number of esters is 1. The second-order valence-electron chi connectivity index (χ2n) is 12.0. The second-order valence-corrected chi connectivity index (χ2v) is 13.2. The summed E-state index contributed by atoms with van der Waals surface area (Å²) in [7, 11) is 1.91. The Balaban J connectivity index is 2.07. The van der Waals surface area contributed by atoms with Crippen LogP contribution in [0.4, 0.5) is 0 Å². The Morgan fingerprint density at radius 2 is 1.89 bits per heavy atom. The summed E-state index contributed by atoms with van der Waals surface area (Å²) in [4.78, 5) is 13.5. The molecule has 0 bridgehead atoms. The van der Waals surface area contributed by atoms with Crippen molar-refractivity contribution >= 4 is 26.1 Å². The van der Waals surface area contributed by atoms with E-state index < -0.39 is 5.54 Å². The lowest BCUT2D eigenvalue weighted by Crippen LogP contribution is -2.52. The average Bonchev–Trinajstić information content (AvgIpc) is 3.09. The van der Waals surface area contributed by atoms with Crippen LogP contribution in [-0.4, -0.2) is 29.3 Å². The third-order valence-electron chi connectivity index (χ3n) is 8.62. The van der Waals surface area contributed by atoms with Gasteiger partial charge >= 0.3 is 5.97 Å². The van der Waals surface area contributed by atoms with Crippen molar-refractivity contribution in [3.05, 3.63) is 35.9 Å². The number of hydrogen-bond donors (Lipinski definition) is 2. The average molecular weight is 503 g/mol. The maximum absolute atomic E-state index is 13.5. The molecule has 35 heavy (non-hydrogen) atoms. The van der Waals surface area contributed by atoms with Gasteiger partial charge in [0.2, 0.25) is 0 Å². The van der Waals surface area contributed by atoms with E-state index in [9.17, 15) is 4.79 Å². The lowest BCUT2D eigenvalue weighted by Gasteiger charge is -2.38. The largest absolute Gasteiger partial charge is 0.459 e. The van der Waals surface area contributed by atoms with Gasteiger partial charge in [0.25, 0.3) is 7.48 Å². The Bertz CT molecular complexity index is 797. The first-order chi connectivity index (χ1) is 16.3. The van der Waals surface area contributed by atoms with E-state index in [1.54, 1.807) is 0 Å². The molecule has 0 aliphatic heterocycles. The van der Waals surface area contributed by atoms with Crippen LogP contribution in [0, 0.1) is 17.3 Å². The molecule has 1 saturated carbocycles. The summed E-state index contributed by atoms with van der Waals surface area (Å²) in [6, 6.07) is 9.84. The number of carbonyl (C=O) groups excluding carboxylic acids is 1. The Morgan fingerprint density at radius 3 is 2.46 bits per heavy atom. The van der Waals surface area contributed by atoms with E-state index in [2.05, 4.69) is 61.1 Å². The molecule has 4 atom stereocenters. The molecule has 1 aliphatic rings. The van der Waals surface area contributed by atoms with Crippen LogP contribution in [0.15, 0.2) is 30.3 Å². The molecule has 0 saturated heterocycles. The van der Waals surface area contributed by atoms with Crippen molar-refractivity contribution in [2.24, 2.45) is 23.0 Å². The molecular formula is C29H49BNO3S. The van der Waals surface area contributed by atoms with Crippen LogP contribution in [-0.2, 0) is 20.8 Å². The van der Waals surface area contributed by atoms with Gasteiger partial charge in [0.05, 0.1) is 5.60 Å². The molecule has 0 heterocycles. The van der Waals surface area contributed by atoms with E-state index in [0.29, 0.717) is 12.3 Å². The Morgan fingerprint density at radius 1 is 1.23 bits per heavy atom. The van der Waals surface area contributed by atoms with Crippen molar-refractivity contribution in [3.63, 3.8) is 0 Å². The minimum absolute atomic E-state index is 0.0961. The van der Waals surface area contributed by atoms with Gasteiger partial charge in [-0.05, 0) is 76.2 Å². The highest BCUT2D eigenvalue weighted by Crippen LogP contribution is 2.54. The van der Waals surface area contributed by atoms with Crippen LogP contribution >= 0.6 is 12.6 Å². The van der Waals surface area contributed by atoms with Crippen molar-refractivity contribution in [1.29, 1.82) is 0 Å². The molecule has 1 aliphatic carbocycles. The van der Waals surface area contributed by atoms with Crippen LogP contribution < -0.4 is 5.73 Å². The van der Waals surface area contributed by atoms with Gasteiger partial charge in [-0.15, -0.1) is 0 Å². The molecule has 4 unspecified atom stereocenters. The van der Waals surface area contributed by atoms with Crippen LogP contribution in [0.5, 0.6) is 0 Å². The van der Waals surface area contributed by atoms with Crippen molar-refractivity contribution in [2.45, 2.75) is 122 Å². The Labute approximate surface area is 221 Å². The van der Waals surface area contributed by atoms with Crippen LogP contribution in [0.25, 0.3) is 0 Å². The summed E-state index contributed by atoms with van der Waals surface area (Å²) in [5.41, 5.74) is 6.77. The zero-order valence-corrected chi connectivity index (χ0v) is 24.1. The summed E-state index contributed by atoms with van der Waals surface area (Å²) in [6.45, 7) is 15.3. The topological polar surface area (TPSA) is 61.5 Å². The van der Waals surface area contributed by atoms with Gasteiger partial charge in [-0.2, -0.15) is 12.6 Å². The van der Waals surface area contributed by atoms with E-state index in [0.717, 1.165) is 50.4 Å². The Kier molecular flexibility index (Phi) is 10.8. The summed E-state index contributed by atoms with van der Waals surface area (Å²) >= 11 is 4.67. The first-order valence-corrected chi connectivity index (χ1v) is 13.9. The molecule has 1 radical (unpaired) electrons. The molecule has 0 amide bonds. The SMILES string of the molecule is CCC(C)CC1(CC)CC(CCC[B]OC(C)(C)C(C)(C)S)C(N)(C(=O)OCc2ccccc2)C1. The van der Waals surface area contributed by atoms with E-state index in [-0.39, 0.29) is 34.3 Å². The van der Waals surface area contributed by atoms with E-state index in [4.69, 9.17) is 15.1 Å². The third kappa shape index (κ3) is 8.00. The molecule has 0 aromatic heterocycles. The molecule has 2 N–H and O–H groups in total. The van der Waals surface area contributed by atoms with E-state index in [1.807, 2.05) is 37.8 Å². The van der Waals surface area contributed by atoms with Crippen molar-refractivity contribution < 1.29 is 14.2 Å². The van der Waals surface area contributed by atoms with Gasteiger partial charge in [-0.25, -0.2) is 0 Å². The van der Waals surface area contributed by atoms with Crippen LogP contribution in [0.3, 0.4) is 0 Å². The van der Waals surface area contributed by atoms with E-state index in [1.165, 1.54) is 0 Å². The van der Waals surface area contributed by atoms with Gasteiger partial charge in [0.15, 0.2) is 0 Å². The van der Waals surface area contributed by atoms with Gasteiger partial charge in [0.1, 0.15) is 12.1 Å². The Hall–Kier alpha value is -0.975. The number of carbonyl (C=O) groups is 1. The number of thiol groups is 1. The molecule has 1 fully saturated rings. The highest BCUT2D eigenvalue weighted by Gasteiger charge is 2.56. The monoisotopic (exact) mass is 502 g/mol. The maximum Gasteiger partial charge on any atom is 0.326 e. The smallest absolute Gasteiger partial charge is 0.326 e. The first-order valence-electron chi connectivity index (χ1n) is 13.5. The fraction of sp³-hybridized carbons (Fsp3) is 0.759. The van der Waals surface area contributed by atoms with Gasteiger partial charge < -0.3 is 15.1 Å². The van der Waals surface area contributed by atoms with E-state index >= 15 is 0 Å². The molecule has 6 heteroatoms. The van der Waals surface area contributed by atoms with Crippen LogP contribution in [0.2, 0.25) is 6.32 Å². The first kappa shape index (κ1) is 30.3. The maximum atomic E-state index is 13.5. The molecule has 1 aromatic rings. The molecule has 2 rings (SSSR count). The van der Waals surface area contributed by atoms with Crippen LogP contribution in [0.1, 0.15) is 99.0 Å². The third-order valence-corrected chi connectivity index (χ3v) is 9.16. The van der Waals surface area contributed by atoms with Crippen molar-refractivity contribution in [1.82, 2.24) is 0 Å². The summed E-state index contributed by atoms with van der Waals surface area (Å²) < 4.78 is 11.6. The second kappa shape index (κ2) is 12.5. The molecular weight excluding hydrogens is 453 g/mol. The number of rotatable bonds is 14. The molecule has 0 spiro atoms. The number of ether oxygens (including phenoxy) is 1. The summed E-state index contributed by atoms with van der Waals surface area (Å²) in [5.74, 6) is 0.480. The van der Waals surface area contributed by atoms with Gasteiger partial charge in [0, 0.05) is 4.75 Å². The predicted molar refractivity (Wildman–Crippen MR) is 151 cm³/mol. The van der Waals surface area contributed by atoms with Crippen molar-refractivity contribution in [2.75, 3.05) is 0 Å².